The average molecular weight is 211 g/mol. The average Bonchev–Trinajstić information content (AvgIpc) is 1.85. The van der Waals surface area contributed by atoms with Gasteiger partial charge in [0.2, 0.25) is 0 Å². The quantitative estimate of drug-likeness (QED) is 0.684. The van der Waals surface area contributed by atoms with E-state index in [1.54, 1.807) is 13.8 Å². The molecule has 3 nitrogen and oxygen atoms in total. The SMILES string of the molecule is CC[C@](O)(C(=O)O)[C@@H](C)Br. The molecule has 0 aromatic carbocycles. The van der Waals surface area contributed by atoms with Crippen LogP contribution in [-0.4, -0.2) is 26.6 Å². The van der Waals surface area contributed by atoms with Gasteiger partial charge in [0.1, 0.15) is 0 Å². The summed E-state index contributed by atoms with van der Waals surface area (Å²) in [5.74, 6) is -1.18. The molecule has 0 amide bonds. The van der Waals surface area contributed by atoms with Gasteiger partial charge in [-0.15, -0.1) is 0 Å². The molecule has 0 spiro atoms. The van der Waals surface area contributed by atoms with E-state index in [0.717, 1.165) is 0 Å². The van der Waals surface area contributed by atoms with Crippen LogP contribution in [0.1, 0.15) is 20.3 Å². The van der Waals surface area contributed by atoms with Crippen molar-refractivity contribution < 1.29 is 15.0 Å². The molecule has 0 bridgehead atoms. The molecule has 0 radical (unpaired) electrons. The molecule has 60 valence electrons. The standard InChI is InChI=1S/C6H11BrO3/c1-3-6(10,4(2)7)5(8)9/h4,10H,3H2,1-2H3,(H,8,9)/t4-,6-/m1/s1. The Labute approximate surface area is 68.2 Å². The minimum atomic E-state index is -1.62. The third-order valence-electron chi connectivity index (χ3n) is 1.57. The van der Waals surface area contributed by atoms with Crippen molar-refractivity contribution in [1.29, 1.82) is 0 Å². The lowest BCUT2D eigenvalue weighted by Gasteiger charge is -2.23. The highest BCUT2D eigenvalue weighted by atomic mass is 79.9. The van der Waals surface area contributed by atoms with Gasteiger partial charge >= 0.3 is 5.97 Å². The maximum Gasteiger partial charge on any atom is 0.336 e. The molecule has 0 fully saturated rings. The van der Waals surface area contributed by atoms with E-state index >= 15 is 0 Å². The van der Waals surface area contributed by atoms with Gasteiger partial charge in [-0.2, -0.15) is 0 Å². The van der Waals surface area contributed by atoms with Crippen molar-refractivity contribution in [3.05, 3.63) is 0 Å². The number of aliphatic hydroxyl groups is 1. The Morgan fingerprint density at radius 3 is 2.20 bits per heavy atom. The first-order valence-electron chi connectivity index (χ1n) is 3.05. The number of carboxylic acids is 1. The summed E-state index contributed by atoms with van der Waals surface area (Å²) < 4.78 is 0. The Morgan fingerprint density at radius 2 is 2.20 bits per heavy atom. The van der Waals surface area contributed by atoms with Gasteiger partial charge in [-0.1, -0.05) is 22.9 Å². The first-order valence-corrected chi connectivity index (χ1v) is 3.96. The van der Waals surface area contributed by atoms with Gasteiger partial charge in [-0.3, -0.25) is 0 Å². The van der Waals surface area contributed by atoms with Crippen molar-refractivity contribution in [2.45, 2.75) is 30.7 Å². The summed E-state index contributed by atoms with van der Waals surface area (Å²) >= 11 is 3.03. The molecule has 10 heavy (non-hydrogen) atoms. The molecular weight excluding hydrogens is 200 g/mol. The van der Waals surface area contributed by atoms with Gasteiger partial charge in [0.15, 0.2) is 5.60 Å². The fourth-order valence-corrected chi connectivity index (χ4v) is 1.12. The monoisotopic (exact) mass is 210 g/mol. The summed E-state index contributed by atoms with van der Waals surface area (Å²) in [5.41, 5.74) is -1.62. The zero-order chi connectivity index (χ0) is 8.36. The smallest absolute Gasteiger partial charge is 0.336 e. The third-order valence-corrected chi connectivity index (χ3v) is 2.32. The van der Waals surface area contributed by atoms with Crippen LogP contribution in [0.2, 0.25) is 0 Å². The van der Waals surface area contributed by atoms with Gasteiger partial charge in [-0.25, -0.2) is 4.79 Å². The Morgan fingerprint density at radius 1 is 1.80 bits per heavy atom. The van der Waals surface area contributed by atoms with Crippen molar-refractivity contribution in [2.75, 3.05) is 0 Å². The van der Waals surface area contributed by atoms with E-state index in [1.807, 2.05) is 0 Å². The predicted molar refractivity (Wildman–Crippen MR) is 41.3 cm³/mol. The molecule has 0 rings (SSSR count). The predicted octanol–water partition coefficient (Wildman–Crippen LogP) is 0.996. The number of halogens is 1. The molecule has 0 saturated carbocycles. The molecule has 2 atom stereocenters. The summed E-state index contributed by atoms with van der Waals surface area (Å²) in [7, 11) is 0. The van der Waals surface area contributed by atoms with Crippen LogP contribution in [0, 0.1) is 0 Å². The minimum Gasteiger partial charge on any atom is -0.479 e. The van der Waals surface area contributed by atoms with E-state index in [1.165, 1.54) is 0 Å². The van der Waals surface area contributed by atoms with Crippen LogP contribution in [-0.2, 0) is 4.79 Å². The summed E-state index contributed by atoms with van der Waals surface area (Å²) in [5, 5.41) is 17.9. The first kappa shape index (κ1) is 9.91. The highest BCUT2D eigenvalue weighted by Gasteiger charge is 2.38. The van der Waals surface area contributed by atoms with E-state index in [-0.39, 0.29) is 6.42 Å². The normalized spacial score (nSPS) is 19.6. The molecule has 2 N–H and O–H groups in total. The van der Waals surface area contributed by atoms with E-state index in [4.69, 9.17) is 5.11 Å². The van der Waals surface area contributed by atoms with Crippen LogP contribution in [0.3, 0.4) is 0 Å². The molecule has 0 aliphatic heterocycles. The van der Waals surface area contributed by atoms with Crippen molar-refractivity contribution >= 4 is 21.9 Å². The lowest BCUT2D eigenvalue weighted by atomic mass is 9.98. The van der Waals surface area contributed by atoms with Gasteiger partial charge in [0, 0.05) is 0 Å². The van der Waals surface area contributed by atoms with Gasteiger partial charge in [0.05, 0.1) is 4.83 Å². The molecule has 0 heterocycles. The number of hydrogen-bond donors (Lipinski definition) is 2. The van der Waals surface area contributed by atoms with Crippen LogP contribution >= 0.6 is 15.9 Å². The molecule has 0 unspecified atom stereocenters. The molecule has 0 aliphatic rings. The van der Waals surface area contributed by atoms with Crippen LogP contribution in [0.5, 0.6) is 0 Å². The fraction of sp³-hybridized carbons (Fsp3) is 0.833. The number of rotatable bonds is 3. The highest BCUT2D eigenvalue weighted by molar-refractivity contribution is 9.09. The van der Waals surface area contributed by atoms with Gasteiger partial charge in [0.25, 0.3) is 0 Å². The van der Waals surface area contributed by atoms with Crippen LogP contribution in [0.25, 0.3) is 0 Å². The minimum absolute atomic E-state index is 0.203. The zero-order valence-electron chi connectivity index (χ0n) is 5.97. The van der Waals surface area contributed by atoms with Crippen molar-refractivity contribution in [3.8, 4) is 0 Å². The highest BCUT2D eigenvalue weighted by Crippen LogP contribution is 2.21. The second-order valence-electron chi connectivity index (χ2n) is 2.20. The molecule has 4 heteroatoms. The Hall–Kier alpha value is -0.0900. The fourth-order valence-electron chi connectivity index (χ4n) is 0.603. The summed E-state index contributed by atoms with van der Waals surface area (Å²) in [6.07, 6.45) is 0.203. The Kier molecular flexibility index (Phi) is 3.31. The summed E-state index contributed by atoms with van der Waals surface area (Å²) in [6.45, 7) is 3.24. The maximum atomic E-state index is 10.4. The topological polar surface area (TPSA) is 57.5 Å². The second-order valence-corrected chi connectivity index (χ2v) is 3.57. The van der Waals surface area contributed by atoms with E-state index in [9.17, 15) is 9.90 Å². The van der Waals surface area contributed by atoms with E-state index in [2.05, 4.69) is 15.9 Å². The Bertz CT molecular complexity index is 135. The number of hydrogen-bond acceptors (Lipinski definition) is 2. The molecule has 0 aromatic rings. The molecular formula is C6H11BrO3. The number of carbonyl (C=O) groups is 1. The van der Waals surface area contributed by atoms with Gasteiger partial charge < -0.3 is 10.2 Å². The van der Waals surface area contributed by atoms with E-state index in [0.29, 0.717) is 0 Å². The van der Waals surface area contributed by atoms with E-state index < -0.39 is 16.4 Å². The molecule has 0 aromatic heterocycles. The largest absolute Gasteiger partial charge is 0.479 e. The van der Waals surface area contributed by atoms with Crippen LogP contribution in [0.4, 0.5) is 0 Å². The first-order chi connectivity index (χ1) is 4.45. The van der Waals surface area contributed by atoms with Crippen molar-refractivity contribution in [3.63, 3.8) is 0 Å². The lowest BCUT2D eigenvalue weighted by Crippen LogP contribution is -2.44. The number of aliphatic carboxylic acids is 1. The zero-order valence-corrected chi connectivity index (χ0v) is 7.55. The Balaban J connectivity index is 4.38. The molecule has 0 saturated heterocycles. The maximum absolute atomic E-state index is 10.4. The number of alkyl halides is 1. The lowest BCUT2D eigenvalue weighted by molar-refractivity contribution is -0.158. The summed E-state index contributed by atoms with van der Waals surface area (Å²) in [6, 6.07) is 0. The third kappa shape index (κ3) is 1.70. The van der Waals surface area contributed by atoms with Crippen LogP contribution < -0.4 is 0 Å². The summed E-state index contributed by atoms with van der Waals surface area (Å²) in [4.78, 5) is 9.99. The van der Waals surface area contributed by atoms with Crippen molar-refractivity contribution in [2.24, 2.45) is 0 Å². The molecule has 0 aliphatic carbocycles. The van der Waals surface area contributed by atoms with Crippen LogP contribution in [0.15, 0.2) is 0 Å². The number of carboxylic acid groups (broad SMARTS) is 1. The second kappa shape index (κ2) is 3.34. The van der Waals surface area contributed by atoms with Gasteiger partial charge in [-0.05, 0) is 13.3 Å². The van der Waals surface area contributed by atoms with Crippen molar-refractivity contribution in [1.82, 2.24) is 0 Å².